The maximum Gasteiger partial charge on any atom is 0.573 e. The minimum atomic E-state index is -4.68. The predicted molar refractivity (Wildman–Crippen MR) is 76.3 cm³/mol. The van der Waals surface area contributed by atoms with Crippen molar-refractivity contribution in [3.63, 3.8) is 0 Å². The molecule has 0 spiro atoms. The highest BCUT2D eigenvalue weighted by Gasteiger charge is 2.31. The Morgan fingerprint density at radius 1 is 1.20 bits per heavy atom. The highest BCUT2D eigenvalue weighted by Crippen LogP contribution is 2.36. The molecule has 1 nitrogen and oxygen atoms in total. The summed E-state index contributed by atoms with van der Waals surface area (Å²) in [5.74, 6) is -0.213. The predicted octanol–water partition coefficient (Wildman–Crippen LogP) is 5.72. The standard InChI is InChI=1S/C15H14BrF3O/c1-14(2)5-3-4-10(9-14)11-6-12(16)8-13(7-11)20-15(17,18)19/h3,5-9H,4H2,1-2H3. The molecule has 0 unspecified atom stereocenters. The highest BCUT2D eigenvalue weighted by atomic mass is 79.9. The van der Waals surface area contributed by atoms with Gasteiger partial charge in [0.25, 0.3) is 0 Å². The lowest BCUT2D eigenvalue weighted by Gasteiger charge is -2.22. The van der Waals surface area contributed by atoms with Gasteiger partial charge in [-0.05, 0) is 35.8 Å². The first-order valence-corrected chi connectivity index (χ1v) is 6.90. The van der Waals surface area contributed by atoms with E-state index in [1.54, 1.807) is 6.07 Å². The molecule has 108 valence electrons. The van der Waals surface area contributed by atoms with Crippen LogP contribution in [0.2, 0.25) is 0 Å². The van der Waals surface area contributed by atoms with E-state index >= 15 is 0 Å². The number of ether oxygens (including phenoxy) is 1. The average Bonchev–Trinajstić information content (AvgIpc) is 2.24. The van der Waals surface area contributed by atoms with Crippen molar-refractivity contribution in [3.05, 3.63) is 46.5 Å². The lowest BCUT2D eigenvalue weighted by molar-refractivity contribution is -0.274. The van der Waals surface area contributed by atoms with E-state index in [1.807, 2.05) is 19.9 Å². The highest BCUT2D eigenvalue weighted by molar-refractivity contribution is 9.10. The zero-order valence-corrected chi connectivity index (χ0v) is 12.7. The number of hydrogen-bond acceptors (Lipinski definition) is 1. The second kappa shape index (κ2) is 5.28. The van der Waals surface area contributed by atoms with Crippen LogP contribution in [0.15, 0.2) is 40.9 Å². The molecule has 0 heterocycles. The molecule has 0 fully saturated rings. The fourth-order valence-electron chi connectivity index (χ4n) is 2.19. The van der Waals surface area contributed by atoms with E-state index < -0.39 is 6.36 Å². The SMILES string of the molecule is CC1(C)C=CCC(c2cc(Br)cc(OC(F)(F)F)c2)=C1. The number of hydrogen-bond donors (Lipinski definition) is 0. The van der Waals surface area contributed by atoms with Gasteiger partial charge in [-0.25, -0.2) is 0 Å². The van der Waals surface area contributed by atoms with Crippen LogP contribution in [0.25, 0.3) is 5.57 Å². The van der Waals surface area contributed by atoms with Crippen LogP contribution >= 0.6 is 15.9 Å². The van der Waals surface area contributed by atoms with E-state index in [4.69, 9.17) is 0 Å². The third-order valence-corrected chi connectivity index (χ3v) is 3.36. The zero-order valence-electron chi connectivity index (χ0n) is 11.1. The molecule has 0 saturated carbocycles. The summed E-state index contributed by atoms with van der Waals surface area (Å²) in [4.78, 5) is 0. The fraction of sp³-hybridized carbons (Fsp3) is 0.333. The van der Waals surface area contributed by atoms with Crippen molar-refractivity contribution < 1.29 is 17.9 Å². The normalized spacial score (nSPS) is 17.8. The van der Waals surface area contributed by atoms with Crippen molar-refractivity contribution in [1.29, 1.82) is 0 Å². The molecule has 0 saturated heterocycles. The second-order valence-corrected chi connectivity index (χ2v) is 6.24. The van der Waals surface area contributed by atoms with Crippen molar-refractivity contribution in [3.8, 4) is 5.75 Å². The average molecular weight is 347 g/mol. The topological polar surface area (TPSA) is 9.23 Å². The van der Waals surface area contributed by atoms with Crippen LogP contribution in [0, 0.1) is 5.41 Å². The Hall–Kier alpha value is -1.23. The summed E-state index contributed by atoms with van der Waals surface area (Å²) >= 11 is 3.22. The molecule has 0 aliphatic heterocycles. The zero-order chi connectivity index (χ0) is 15.0. The summed E-state index contributed by atoms with van der Waals surface area (Å²) in [5, 5.41) is 0. The van der Waals surface area contributed by atoms with Crippen molar-refractivity contribution in [2.24, 2.45) is 5.41 Å². The fourth-order valence-corrected chi connectivity index (χ4v) is 2.66. The summed E-state index contributed by atoms with van der Waals surface area (Å²) in [6.45, 7) is 4.10. The molecule has 1 aliphatic rings. The summed E-state index contributed by atoms with van der Waals surface area (Å²) < 4.78 is 41.5. The van der Waals surface area contributed by atoms with Gasteiger partial charge in [0, 0.05) is 9.89 Å². The molecule has 0 aromatic heterocycles. The van der Waals surface area contributed by atoms with Crippen molar-refractivity contribution in [2.75, 3.05) is 0 Å². The van der Waals surface area contributed by atoms with Crippen LogP contribution < -0.4 is 4.74 Å². The van der Waals surface area contributed by atoms with E-state index in [2.05, 4.69) is 32.8 Å². The smallest absolute Gasteiger partial charge is 0.406 e. The lowest BCUT2D eigenvalue weighted by Crippen LogP contribution is -2.17. The van der Waals surface area contributed by atoms with Crippen molar-refractivity contribution in [2.45, 2.75) is 26.6 Å². The third kappa shape index (κ3) is 4.13. The van der Waals surface area contributed by atoms with Crippen LogP contribution in [-0.2, 0) is 0 Å². The second-order valence-electron chi connectivity index (χ2n) is 5.32. The van der Waals surface area contributed by atoms with Gasteiger partial charge < -0.3 is 4.74 Å². The van der Waals surface area contributed by atoms with Gasteiger partial charge in [0.2, 0.25) is 0 Å². The molecule has 0 N–H and O–H groups in total. The number of halogens is 4. The van der Waals surface area contributed by atoms with Crippen LogP contribution in [-0.4, -0.2) is 6.36 Å². The van der Waals surface area contributed by atoms with Crippen LogP contribution in [0.3, 0.4) is 0 Å². The maximum absolute atomic E-state index is 12.3. The lowest BCUT2D eigenvalue weighted by atomic mass is 9.83. The molecular formula is C15H14BrF3O. The largest absolute Gasteiger partial charge is 0.573 e. The van der Waals surface area contributed by atoms with E-state index in [-0.39, 0.29) is 11.2 Å². The first-order valence-electron chi connectivity index (χ1n) is 6.11. The Labute approximate surface area is 124 Å². The van der Waals surface area contributed by atoms with E-state index in [0.29, 0.717) is 10.9 Å². The molecule has 2 rings (SSSR count). The van der Waals surface area contributed by atoms with Gasteiger partial charge in [0.05, 0.1) is 0 Å². The van der Waals surface area contributed by atoms with E-state index in [1.165, 1.54) is 12.1 Å². The number of alkyl halides is 3. The summed E-state index contributed by atoms with van der Waals surface area (Å²) in [6.07, 6.45) is 2.19. The molecule has 0 amide bonds. The molecular weight excluding hydrogens is 333 g/mol. The summed E-state index contributed by atoms with van der Waals surface area (Å²) in [5.41, 5.74) is 1.63. The van der Waals surface area contributed by atoms with E-state index in [0.717, 1.165) is 11.1 Å². The Balaban J connectivity index is 2.36. The van der Waals surface area contributed by atoms with Crippen molar-refractivity contribution >= 4 is 21.5 Å². The number of rotatable bonds is 2. The minimum absolute atomic E-state index is 0.0963. The molecule has 0 atom stereocenters. The van der Waals surface area contributed by atoms with E-state index in [9.17, 15) is 13.2 Å². The van der Waals surface area contributed by atoms with Crippen LogP contribution in [0.5, 0.6) is 5.75 Å². The molecule has 1 aliphatic carbocycles. The van der Waals surface area contributed by atoms with Gasteiger partial charge in [0.1, 0.15) is 5.75 Å². The van der Waals surface area contributed by atoms with Crippen LogP contribution in [0.4, 0.5) is 13.2 Å². The van der Waals surface area contributed by atoms with Gasteiger partial charge in [-0.1, -0.05) is 48.0 Å². The van der Waals surface area contributed by atoms with Gasteiger partial charge in [-0.15, -0.1) is 13.2 Å². The molecule has 1 aromatic rings. The monoisotopic (exact) mass is 346 g/mol. The van der Waals surface area contributed by atoms with Gasteiger partial charge in [0.15, 0.2) is 0 Å². The van der Waals surface area contributed by atoms with Gasteiger partial charge >= 0.3 is 6.36 Å². The third-order valence-electron chi connectivity index (χ3n) is 2.91. The maximum atomic E-state index is 12.3. The molecule has 1 aromatic carbocycles. The molecule has 0 radical (unpaired) electrons. The summed E-state index contributed by atoms with van der Waals surface area (Å²) in [6, 6.07) is 4.52. The van der Waals surface area contributed by atoms with Gasteiger partial charge in [-0.3, -0.25) is 0 Å². The quantitative estimate of drug-likeness (QED) is 0.622. The Bertz CT molecular complexity index is 571. The Morgan fingerprint density at radius 3 is 2.50 bits per heavy atom. The first-order chi connectivity index (χ1) is 9.15. The molecule has 20 heavy (non-hydrogen) atoms. The minimum Gasteiger partial charge on any atom is -0.406 e. The Morgan fingerprint density at radius 2 is 1.90 bits per heavy atom. The van der Waals surface area contributed by atoms with Gasteiger partial charge in [-0.2, -0.15) is 0 Å². The van der Waals surface area contributed by atoms with Crippen LogP contribution in [0.1, 0.15) is 25.8 Å². The number of benzene rings is 1. The summed E-state index contributed by atoms with van der Waals surface area (Å²) in [7, 11) is 0. The first kappa shape index (κ1) is 15.2. The molecule has 5 heteroatoms. The number of allylic oxidation sites excluding steroid dienone is 4. The Kier molecular flexibility index (Phi) is 4.00. The molecule has 0 bridgehead atoms. The van der Waals surface area contributed by atoms with Crippen molar-refractivity contribution in [1.82, 2.24) is 0 Å².